The predicted octanol–water partition coefficient (Wildman–Crippen LogP) is 5.40. The molecule has 1 amide bonds. The van der Waals surface area contributed by atoms with Crippen LogP contribution in [-0.2, 0) is 4.79 Å². The standard InChI is InChI=1S/C21H22N2OS/c1-14(2)17-9-6-7-15(3)21(17)23-19(24)13-25-20-12-11-16-8-4-5-10-18(16)22-20/h4-12,14H,13H2,1-3H3,(H,23,24). The van der Waals surface area contributed by atoms with Crippen LogP contribution < -0.4 is 5.32 Å². The van der Waals surface area contributed by atoms with Crippen LogP contribution in [0.5, 0.6) is 0 Å². The fraction of sp³-hybridized carbons (Fsp3) is 0.238. The number of hydrogen-bond donors (Lipinski definition) is 1. The molecule has 128 valence electrons. The van der Waals surface area contributed by atoms with Crippen LogP contribution in [-0.4, -0.2) is 16.6 Å². The summed E-state index contributed by atoms with van der Waals surface area (Å²) in [5.41, 5.74) is 4.15. The Morgan fingerprint density at radius 3 is 2.68 bits per heavy atom. The summed E-state index contributed by atoms with van der Waals surface area (Å²) in [5.74, 6) is 0.707. The third-order valence-electron chi connectivity index (χ3n) is 4.12. The van der Waals surface area contributed by atoms with E-state index in [4.69, 9.17) is 0 Å². The van der Waals surface area contributed by atoms with Crippen LogP contribution in [0.4, 0.5) is 5.69 Å². The van der Waals surface area contributed by atoms with E-state index >= 15 is 0 Å². The van der Waals surface area contributed by atoms with Gasteiger partial charge in [0.2, 0.25) is 5.91 Å². The van der Waals surface area contributed by atoms with Crippen molar-refractivity contribution in [3.63, 3.8) is 0 Å². The third kappa shape index (κ3) is 4.20. The molecule has 3 aromatic rings. The van der Waals surface area contributed by atoms with Crippen LogP contribution in [0, 0.1) is 6.92 Å². The van der Waals surface area contributed by atoms with Crippen molar-refractivity contribution in [2.75, 3.05) is 11.1 Å². The number of fused-ring (bicyclic) bond motifs is 1. The minimum atomic E-state index is -0.00356. The number of thioether (sulfide) groups is 1. The van der Waals surface area contributed by atoms with Gasteiger partial charge in [-0.3, -0.25) is 4.79 Å². The number of para-hydroxylation sites is 2. The summed E-state index contributed by atoms with van der Waals surface area (Å²) in [4.78, 5) is 17.0. The van der Waals surface area contributed by atoms with Crippen LogP contribution in [0.3, 0.4) is 0 Å². The Labute approximate surface area is 152 Å². The Hall–Kier alpha value is -2.33. The van der Waals surface area contributed by atoms with Crippen molar-refractivity contribution in [1.29, 1.82) is 0 Å². The minimum Gasteiger partial charge on any atom is -0.325 e. The molecule has 3 rings (SSSR count). The maximum absolute atomic E-state index is 12.4. The zero-order valence-electron chi connectivity index (χ0n) is 14.7. The van der Waals surface area contributed by atoms with Gasteiger partial charge in [0.05, 0.1) is 16.3 Å². The van der Waals surface area contributed by atoms with Crippen LogP contribution in [0.1, 0.15) is 30.9 Å². The fourth-order valence-corrected chi connectivity index (χ4v) is 3.46. The predicted molar refractivity (Wildman–Crippen MR) is 106 cm³/mol. The highest BCUT2D eigenvalue weighted by atomic mass is 32.2. The van der Waals surface area contributed by atoms with E-state index in [2.05, 4.69) is 30.2 Å². The van der Waals surface area contributed by atoms with Gasteiger partial charge < -0.3 is 5.32 Å². The number of hydrogen-bond acceptors (Lipinski definition) is 3. The Bertz CT molecular complexity index is 905. The minimum absolute atomic E-state index is 0.00356. The smallest absolute Gasteiger partial charge is 0.234 e. The van der Waals surface area contributed by atoms with Crippen LogP contribution in [0.15, 0.2) is 59.6 Å². The van der Waals surface area contributed by atoms with E-state index in [1.807, 2.05) is 55.5 Å². The highest BCUT2D eigenvalue weighted by molar-refractivity contribution is 7.99. The van der Waals surface area contributed by atoms with Crippen molar-refractivity contribution in [2.45, 2.75) is 31.7 Å². The molecule has 0 unspecified atom stereocenters. The topological polar surface area (TPSA) is 42.0 Å². The molecule has 0 aliphatic rings. The summed E-state index contributed by atoms with van der Waals surface area (Å²) < 4.78 is 0. The third-order valence-corrected chi connectivity index (χ3v) is 5.05. The molecule has 0 aliphatic carbocycles. The molecule has 0 bridgehead atoms. The van der Waals surface area contributed by atoms with Gasteiger partial charge in [-0.05, 0) is 36.1 Å². The van der Waals surface area contributed by atoms with Crippen molar-refractivity contribution in [3.8, 4) is 0 Å². The number of carbonyl (C=O) groups excluding carboxylic acids is 1. The van der Waals surface area contributed by atoms with Gasteiger partial charge in [-0.25, -0.2) is 4.98 Å². The molecular formula is C21H22N2OS. The van der Waals surface area contributed by atoms with E-state index in [1.165, 1.54) is 17.3 Å². The summed E-state index contributed by atoms with van der Waals surface area (Å²) in [5, 5.41) is 5.05. The largest absolute Gasteiger partial charge is 0.325 e. The normalized spacial score (nSPS) is 11.0. The lowest BCUT2D eigenvalue weighted by Gasteiger charge is -2.16. The second kappa shape index (κ2) is 7.70. The zero-order chi connectivity index (χ0) is 17.8. The SMILES string of the molecule is Cc1cccc(C(C)C)c1NC(=O)CSc1ccc2ccccc2n1. The second-order valence-electron chi connectivity index (χ2n) is 6.37. The van der Waals surface area contributed by atoms with E-state index < -0.39 is 0 Å². The molecular weight excluding hydrogens is 328 g/mol. The van der Waals surface area contributed by atoms with Gasteiger partial charge in [-0.1, -0.05) is 68.1 Å². The molecule has 0 saturated heterocycles. The summed E-state index contributed by atoms with van der Waals surface area (Å²) in [6, 6.07) is 18.1. The molecule has 4 heteroatoms. The van der Waals surface area contributed by atoms with Crippen LogP contribution in [0.25, 0.3) is 10.9 Å². The number of nitrogens with one attached hydrogen (secondary N) is 1. The van der Waals surface area contributed by atoms with E-state index in [0.717, 1.165) is 27.2 Å². The van der Waals surface area contributed by atoms with Crippen LogP contribution >= 0.6 is 11.8 Å². The quantitative estimate of drug-likeness (QED) is 0.627. The number of amides is 1. The second-order valence-corrected chi connectivity index (χ2v) is 7.37. The summed E-state index contributed by atoms with van der Waals surface area (Å²) in [7, 11) is 0. The molecule has 0 spiro atoms. The Balaban J connectivity index is 1.69. The summed E-state index contributed by atoms with van der Waals surface area (Å²) in [6.07, 6.45) is 0. The molecule has 3 nitrogen and oxygen atoms in total. The van der Waals surface area contributed by atoms with Gasteiger partial charge >= 0.3 is 0 Å². The lowest BCUT2D eigenvalue weighted by atomic mass is 9.98. The molecule has 1 aromatic heterocycles. The summed E-state index contributed by atoms with van der Waals surface area (Å²) >= 11 is 1.46. The highest BCUT2D eigenvalue weighted by Gasteiger charge is 2.12. The highest BCUT2D eigenvalue weighted by Crippen LogP contribution is 2.28. The molecule has 0 saturated carbocycles. The van der Waals surface area contributed by atoms with Gasteiger partial charge in [-0.2, -0.15) is 0 Å². The molecule has 0 fully saturated rings. The van der Waals surface area contributed by atoms with Crippen molar-refractivity contribution in [3.05, 3.63) is 65.7 Å². The van der Waals surface area contributed by atoms with Gasteiger partial charge in [-0.15, -0.1) is 0 Å². The molecule has 0 atom stereocenters. The maximum Gasteiger partial charge on any atom is 0.234 e. The van der Waals surface area contributed by atoms with Crippen molar-refractivity contribution >= 4 is 34.3 Å². The molecule has 0 radical (unpaired) electrons. The first-order chi connectivity index (χ1) is 12.0. The van der Waals surface area contributed by atoms with Gasteiger partial charge in [0.1, 0.15) is 0 Å². The average molecular weight is 350 g/mol. The number of pyridine rings is 1. The molecule has 1 heterocycles. The Morgan fingerprint density at radius 1 is 1.08 bits per heavy atom. The number of anilines is 1. The lowest BCUT2D eigenvalue weighted by Crippen LogP contribution is -2.16. The first-order valence-electron chi connectivity index (χ1n) is 8.42. The Kier molecular flexibility index (Phi) is 5.39. The lowest BCUT2D eigenvalue weighted by molar-refractivity contribution is -0.113. The van der Waals surface area contributed by atoms with Crippen molar-refractivity contribution in [1.82, 2.24) is 4.98 Å². The molecule has 1 N–H and O–H groups in total. The van der Waals surface area contributed by atoms with E-state index in [1.54, 1.807) is 0 Å². The van der Waals surface area contributed by atoms with E-state index in [-0.39, 0.29) is 5.91 Å². The summed E-state index contributed by atoms with van der Waals surface area (Å²) in [6.45, 7) is 6.30. The monoisotopic (exact) mass is 350 g/mol. The van der Waals surface area contributed by atoms with E-state index in [9.17, 15) is 4.79 Å². The number of benzene rings is 2. The van der Waals surface area contributed by atoms with Crippen LogP contribution in [0.2, 0.25) is 0 Å². The first kappa shape index (κ1) is 17.5. The Morgan fingerprint density at radius 2 is 1.88 bits per heavy atom. The number of aromatic nitrogens is 1. The average Bonchev–Trinajstić information content (AvgIpc) is 2.61. The molecule has 25 heavy (non-hydrogen) atoms. The number of rotatable bonds is 5. The number of nitrogens with zero attached hydrogens (tertiary/aromatic N) is 1. The number of aryl methyl sites for hydroxylation is 1. The van der Waals surface area contributed by atoms with Gasteiger partial charge in [0.25, 0.3) is 0 Å². The number of carbonyl (C=O) groups is 1. The van der Waals surface area contributed by atoms with Crippen molar-refractivity contribution in [2.24, 2.45) is 0 Å². The fourth-order valence-electron chi connectivity index (χ4n) is 2.79. The van der Waals surface area contributed by atoms with Gasteiger partial charge in [0, 0.05) is 11.1 Å². The molecule has 0 aliphatic heterocycles. The van der Waals surface area contributed by atoms with Gasteiger partial charge in [0.15, 0.2) is 0 Å². The van der Waals surface area contributed by atoms with Crippen molar-refractivity contribution < 1.29 is 4.79 Å². The molecule has 2 aromatic carbocycles. The maximum atomic E-state index is 12.4. The van der Waals surface area contributed by atoms with E-state index in [0.29, 0.717) is 11.7 Å². The zero-order valence-corrected chi connectivity index (χ0v) is 15.6. The first-order valence-corrected chi connectivity index (χ1v) is 9.41.